The van der Waals surface area contributed by atoms with Crippen molar-refractivity contribution in [3.8, 4) is 5.75 Å². The van der Waals surface area contributed by atoms with Crippen molar-refractivity contribution in [3.63, 3.8) is 0 Å². The van der Waals surface area contributed by atoms with E-state index in [1.807, 2.05) is 54.6 Å². The Morgan fingerprint density at radius 2 is 2.00 bits per heavy atom. The van der Waals surface area contributed by atoms with Crippen LogP contribution < -0.4 is 10.1 Å². The van der Waals surface area contributed by atoms with Crippen LogP contribution in [0.1, 0.15) is 17.5 Å². The lowest BCUT2D eigenvalue weighted by molar-refractivity contribution is 0.140. The van der Waals surface area contributed by atoms with Crippen molar-refractivity contribution in [2.75, 3.05) is 13.7 Å². The van der Waals surface area contributed by atoms with E-state index < -0.39 is 6.09 Å². The molecule has 5 heteroatoms. The summed E-state index contributed by atoms with van der Waals surface area (Å²) in [7, 11) is 1.60. The van der Waals surface area contributed by atoms with Gasteiger partial charge < -0.3 is 14.8 Å². The van der Waals surface area contributed by atoms with Gasteiger partial charge in [-0.1, -0.05) is 54.1 Å². The zero-order valence-corrected chi connectivity index (χ0v) is 14.3. The lowest BCUT2D eigenvalue weighted by Crippen LogP contribution is -2.24. The number of halogens is 1. The van der Waals surface area contributed by atoms with Crippen LogP contribution in [0.5, 0.6) is 5.75 Å². The van der Waals surface area contributed by atoms with E-state index in [0.717, 1.165) is 16.9 Å². The maximum atomic E-state index is 11.6. The van der Waals surface area contributed by atoms with Crippen LogP contribution in [0.2, 0.25) is 5.02 Å². The molecule has 0 aliphatic rings. The average molecular weight is 346 g/mol. The third kappa shape index (κ3) is 5.97. The fourth-order valence-corrected chi connectivity index (χ4v) is 2.25. The predicted molar refractivity (Wildman–Crippen MR) is 96.3 cm³/mol. The summed E-state index contributed by atoms with van der Waals surface area (Å²) in [4.78, 5) is 11.6. The maximum absolute atomic E-state index is 11.6. The molecule has 4 nitrogen and oxygen atoms in total. The fraction of sp³-hybridized carbons (Fsp3) is 0.211. The first kappa shape index (κ1) is 17.9. The van der Waals surface area contributed by atoms with Crippen LogP contribution in [-0.4, -0.2) is 19.7 Å². The van der Waals surface area contributed by atoms with Crippen LogP contribution in [0.15, 0.2) is 54.6 Å². The summed E-state index contributed by atoms with van der Waals surface area (Å²) >= 11 is 6.15. The molecule has 0 spiro atoms. The van der Waals surface area contributed by atoms with E-state index >= 15 is 0 Å². The number of hydrogen-bond acceptors (Lipinski definition) is 3. The van der Waals surface area contributed by atoms with Crippen molar-refractivity contribution in [2.45, 2.75) is 13.0 Å². The van der Waals surface area contributed by atoms with E-state index in [1.165, 1.54) is 0 Å². The molecule has 2 rings (SSSR count). The molecule has 1 N–H and O–H groups in total. The molecule has 0 saturated heterocycles. The highest BCUT2D eigenvalue weighted by Crippen LogP contribution is 2.23. The van der Waals surface area contributed by atoms with Gasteiger partial charge in [0, 0.05) is 6.54 Å². The number of carbonyl (C=O) groups excluding carboxylic acids is 1. The molecule has 0 atom stereocenters. The smallest absolute Gasteiger partial charge is 0.407 e. The van der Waals surface area contributed by atoms with Crippen LogP contribution in [0, 0.1) is 0 Å². The van der Waals surface area contributed by atoms with E-state index in [-0.39, 0.29) is 6.61 Å². The molecule has 24 heavy (non-hydrogen) atoms. The zero-order valence-electron chi connectivity index (χ0n) is 13.5. The molecule has 0 heterocycles. The van der Waals surface area contributed by atoms with E-state index in [4.69, 9.17) is 21.1 Å². The van der Waals surface area contributed by atoms with Gasteiger partial charge >= 0.3 is 6.09 Å². The molecule has 0 radical (unpaired) electrons. The summed E-state index contributed by atoms with van der Waals surface area (Å²) in [5, 5.41) is 3.33. The Morgan fingerprint density at radius 3 is 2.71 bits per heavy atom. The molecule has 2 aromatic rings. The molecule has 0 aromatic heterocycles. The first-order valence-corrected chi connectivity index (χ1v) is 8.01. The van der Waals surface area contributed by atoms with Crippen molar-refractivity contribution in [1.29, 1.82) is 0 Å². The monoisotopic (exact) mass is 345 g/mol. The Bertz CT molecular complexity index is 686. The minimum atomic E-state index is -0.422. The number of rotatable bonds is 7. The number of alkyl carbamates (subject to hydrolysis) is 1. The highest BCUT2D eigenvalue weighted by atomic mass is 35.5. The van der Waals surface area contributed by atoms with Gasteiger partial charge in [0.05, 0.1) is 12.1 Å². The molecular formula is C19H20ClNO3. The second-order valence-corrected chi connectivity index (χ2v) is 5.47. The van der Waals surface area contributed by atoms with Gasteiger partial charge in [0.15, 0.2) is 0 Å². The lowest BCUT2D eigenvalue weighted by atomic mass is 10.2. The second-order valence-electron chi connectivity index (χ2n) is 5.07. The molecule has 1 amide bonds. The summed E-state index contributed by atoms with van der Waals surface area (Å²) in [5.74, 6) is 0.722. The van der Waals surface area contributed by atoms with E-state index in [0.29, 0.717) is 18.0 Å². The van der Waals surface area contributed by atoms with Crippen molar-refractivity contribution >= 4 is 23.8 Å². The molecule has 0 aliphatic heterocycles. The van der Waals surface area contributed by atoms with Gasteiger partial charge in [-0.25, -0.2) is 4.79 Å². The molecule has 0 bridgehead atoms. The summed E-state index contributed by atoms with van der Waals surface area (Å²) in [6.45, 7) is 0.766. The number of methoxy groups -OCH3 is 1. The highest BCUT2D eigenvalue weighted by molar-refractivity contribution is 6.32. The van der Waals surface area contributed by atoms with E-state index in [9.17, 15) is 4.79 Å². The molecule has 0 fully saturated rings. The standard InChI is InChI=1S/C19H20ClNO3/c1-23-17-11-10-16(18(20)13-17)9-5-6-12-21-19(22)24-14-15-7-3-2-4-8-15/h2-5,7-11,13H,6,12,14H2,1H3,(H,21,22). The topological polar surface area (TPSA) is 47.6 Å². The second kappa shape index (κ2) is 9.63. The molecular weight excluding hydrogens is 326 g/mol. The van der Waals surface area contributed by atoms with E-state index in [1.54, 1.807) is 13.2 Å². The first-order chi connectivity index (χ1) is 11.7. The summed E-state index contributed by atoms with van der Waals surface area (Å²) in [5.41, 5.74) is 1.87. The van der Waals surface area contributed by atoms with Crippen LogP contribution in [0.3, 0.4) is 0 Å². The first-order valence-electron chi connectivity index (χ1n) is 7.63. The Hall–Kier alpha value is -2.46. The Morgan fingerprint density at radius 1 is 1.21 bits per heavy atom. The summed E-state index contributed by atoms with van der Waals surface area (Å²) in [6, 6.07) is 15.1. The normalized spacial score (nSPS) is 10.6. The number of ether oxygens (including phenoxy) is 2. The van der Waals surface area contributed by atoms with Gasteiger partial charge in [0.25, 0.3) is 0 Å². The molecule has 0 unspecified atom stereocenters. The fourth-order valence-electron chi connectivity index (χ4n) is 2.01. The number of hydrogen-bond donors (Lipinski definition) is 1. The minimum Gasteiger partial charge on any atom is -0.497 e. The predicted octanol–water partition coefficient (Wildman–Crippen LogP) is 4.68. The van der Waals surface area contributed by atoms with Crippen LogP contribution in [-0.2, 0) is 11.3 Å². The summed E-state index contributed by atoms with van der Waals surface area (Å²) in [6.07, 6.45) is 4.13. The van der Waals surface area contributed by atoms with Gasteiger partial charge in [0.2, 0.25) is 0 Å². The Kier molecular flexibility index (Phi) is 7.18. The molecule has 0 saturated carbocycles. The van der Waals surface area contributed by atoms with Crippen molar-refractivity contribution in [3.05, 3.63) is 70.8 Å². The summed E-state index contributed by atoms with van der Waals surface area (Å²) < 4.78 is 10.2. The maximum Gasteiger partial charge on any atom is 0.407 e. The number of amides is 1. The minimum absolute atomic E-state index is 0.268. The number of benzene rings is 2. The highest BCUT2D eigenvalue weighted by Gasteiger charge is 2.01. The van der Waals surface area contributed by atoms with Crippen LogP contribution in [0.4, 0.5) is 4.79 Å². The van der Waals surface area contributed by atoms with Crippen LogP contribution >= 0.6 is 11.6 Å². The van der Waals surface area contributed by atoms with Gasteiger partial charge in [0.1, 0.15) is 12.4 Å². The largest absolute Gasteiger partial charge is 0.497 e. The Labute approximate surface area is 147 Å². The third-order valence-corrected chi connectivity index (χ3v) is 3.63. The quantitative estimate of drug-likeness (QED) is 0.741. The molecule has 126 valence electrons. The zero-order chi connectivity index (χ0) is 17.2. The van der Waals surface area contributed by atoms with Gasteiger partial charge in [-0.2, -0.15) is 0 Å². The third-order valence-electron chi connectivity index (χ3n) is 3.30. The average Bonchev–Trinajstić information content (AvgIpc) is 2.61. The van der Waals surface area contributed by atoms with Crippen molar-refractivity contribution < 1.29 is 14.3 Å². The number of carbonyl (C=O) groups is 1. The molecule has 2 aromatic carbocycles. The van der Waals surface area contributed by atoms with Crippen molar-refractivity contribution in [1.82, 2.24) is 5.32 Å². The SMILES string of the molecule is COc1ccc(C=CCCNC(=O)OCc2ccccc2)c(Cl)c1. The molecule has 0 aliphatic carbocycles. The van der Waals surface area contributed by atoms with Gasteiger partial charge in [-0.05, 0) is 35.7 Å². The van der Waals surface area contributed by atoms with Crippen molar-refractivity contribution in [2.24, 2.45) is 0 Å². The Balaban J connectivity index is 1.67. The van der Waals surface area contributed by atoms with E-state index in [2.05, 4.69) is 5.32 Å². The lowest BCUT2D eigenvalue weighted by Gasteiger charge is -2.06. The van der Waals surface area contributed by atoms with Gasteiger partial charge in [-0.15, -0.1) is 0 Å². The van der Waals surface area contributed by atoms with Crippen LogP contribution in [0.25, 0.3) is 6.08 Å². The van der Waals surface area contributed by atoms with Gasteiger partial charge in [-0.3, -0.25) is 0 Å². The number of nitrogens with one attached hydrogen (secondary N) is 1.